The highest BCUT2D eigenvalue weighted by molar-refractivity contribution is 6.52. The Labute approximate surface area is 246 Å². The van der Waals surface area contributed by atoms with Gasteiger partial charge in [-0.05, 0) is 47.5 Å². The molecule has 0 bridgehead atoms. The minimum Gasteiger partial charge on any atom is -0.454 e. The molecule has 0 fully saturated rings. The number of carbonyl (C=O) groups excluding carboxylic acids is 4. The molecule has 0 radical (unpaired) electrons. The third kappa shape index (κ3) is 5.29. The molecule has 3 amide bonds. The topological polar surface area (TPSA) is 105 Å². The van der Waals surface area contributed by atoms with Gasteiger partial charge in [-0.2, -0.15) is 0 Å². The number of anilines is 2. The van der Waals surface area contributed by atoms with Crippen LogP contribution in [0.2, 0.25) is 5.02 Å². The fourth-order valence-corrected chi connectivity index (χ4v) is 5.16. The van der Waals surface area contributed by atoms with E-state index in [-0.39, 0.29) is 18.9 Å². The molecule has 0 aliphatic carbocycles. The van der Waals surface area contributed by atoms with Crippen molar-refractivity contribution in [3.63, 3.8) is 0 Å². The number of rotatable bonds is 8. The van der Waals surface area contributed by atoms with Crippen LogP contribution >= 0.6 is 11.6 Å². The molecule has 2 heterocycles. The number of ether oxygens (including phenoxy) is 2. The normalized spacial score (nSPS) is 14.0. The van der Waals surface area contributed by atoms with Gasteiger partial charge in [0.25, 0.3) is 17.6 Å². The van der Waals surface area contributed by atoms with Gasteiger partial charge in [0.05, 0.1) is 11.3 Å². The van der Waals surface area contributed by atoms with Crippen LogP contribution in [0.15, 0.2) is 97.1 Å². The molecular formula is C32H24ClN3O6. The second-order valence-corrected chi connectivity index (χ2v) is 10.2. The molecule has 0 saturated heterocycles. The summed E-state index contributed by atoms with van der Waals surface area (Å²) >= 11 is 6.10. The van der Waals surface area contributed by atoms with E-state index < -0.39 is 36.1 Å². The Morgan fingerprint density at radius 1 is 0.881 bits per heavy atom. The van der Waals surface area contributed by atoms with Gasteiger partial charge in [0.1, 0.15) is 12.6 Å². The monoisotopic (exact) mass is 581 g/mol. The van der Waals surface area contributed by atoms with E-state index in [1.54, 1.807) is 91.0 Å². The average Bonchev–Trinajstić information content (AvgIpc) is 3.57. The minimum absolute atomic E-state index is 0.0295. The number of nitrogens with one attached hydrogen (secondary N) is 1. The molecule has 2 aliphatic rings. The Morgan fingerprint density at radius 3 is 2.38 bits per heavy atom. The summed E-state index contributed by atoms with van der Waals surface area (Å²) in [7, 11) is 0. The Balaban J connectivity index is 1.37. The predicted molar refractivity (Wildman–Crippen MR) is 156 cm³/mol. The molecule has 4 aromatic rings. The molecule has 1 unspecified atom stereocenters. The van der Waals surface area contributed by atoms with Crippen LogP contribution in [0.1, 0.15) is 27.5 Å². The lowest BCUT2D eigenvalue weighted by Gasteiger charge is -2.33. The molecule has 1 atom stereocenters. The first kappa shape index (κ1) is 27.0. The maximum atomic E-state index is 14.1. The number of para-hydroxylation sites is 1. The summed E-state index contributed by atoms with van der Waals surface area (Å²) in [6, 6.07) is 26.3. The van der Waals surface area contributed by atoms with Crippen molar-refractivity contribution in [1.29, 1.82) is 0 Å². The van der Waals surface area contributed by atoms with Crippen LogP contribution in [-0.2, 0) is 20.9 Å². The summed E-state index contributed by atoms with van der Waals surface area (Å²) in [5, 5.41) is 3.42. The quantitative estimate of drug-likeness (QED) is 0.293. The van der Waals surface area contributed by atoms with Crippen molar-refractivity contribution in [3.05, 3.63) is 119 Å². The summed E-state index contributed by atoms with van der Waals surface area (Å²) in [6.45, 7) is -0.318. The Bertz CT molecular complexity index is 1690. The number of amides is 3. The van der Waals surface area contributed by atoms with Crippen molar-refractivity contribution in [2.24, 2.45) is 0 Å². The van der Waals surface area contributed by atoms with E-state index in [2.05, 4.69) is 5.32 Å². The number of benzene rings is 4. The van der Waals surface area contributed by atoms with E-state index in [1.165, 1.54) is 4.90 Å². The first-order valence-corrected chi connectivity index (χ1v) is 13.5. The number of nitrogens with zero attached hydrogens (tertiary/aromatic N) is 2. The van der Waals surface area contributed by atoms with Gasteiger partial charge in [0.15, 0.2) is 11.5 Å². The second-order valence-electron chi connectivity index (χ2n) is 9.76. The maximum absolute atomic E-state index is 14.1. The van der Waals surface area contributed by atoms with Crippen molar-refractivity contribution in [2.45, 2.75) is 12.6 Å². The summed E-state index contributed by atoms with van der Waals surface area (Å²) < 4.78 is 10.8. The van der Waals surface area contributed by atoms with Gasteiger partial charge in [-0.15, -0.1) is 0 Å². The van der Waals surface area contributed by atoms with Gasteiger partial charge in [0.2, 0.25) is 12.7 Å². The molecule has 2 aliphatic heterocycles. The molecule has 4 aromatic carbocycles. The predicted octanol–water partition coefficient (Wildman–Crippen LogP) is 5.01. The molecule has 6 rings (SSSR count). The van der Waals surface area contributed by atoms with Gasteiger partial charge < -0.3 is 19.7 Å². The van der Waals surface area contributed by atoms with Crippen LogP contribution in [-0.4, -0.2) is 41.7 Å². The lowest BCUT2D eigenvalue weighted by molar-refractivity contribution is -0.139. The number of hydrogen-bond donors (Lipinski definition) is 1. The average molecular weight is 582 g/mol. The zero-order valence-corrected chi connectivity index (χ0v) is 22.9. The standard InChI is InChI=1S/C32H24ClN3O6/c33-22-12-10-20(11-13-22)17-36(28(37)18-35-25-9-5-4-8-24(25)30(38)32(35)40)29(21-6-2-1-3-7-21)31(39)34-23-14-15-26-27(16-23)42-19-41-26/h1-16,29H,17-19H2,(H,34,39). The van der Waals surface area contributed by atoms with Crippen molar-refractivity contribution in [2.75, 3.05) is 23.6 Å². The molecule has 0 saturated carbocycles. The molecule has 0 spiro atoms. The Kier molecular flexibility index (Phi) is 7.33. The van der Waals surface area contributed by atoms with Crippen molar-refractivity contribution < 1.29 is 28.7 Å². The molecular weight excluding hydrogens is 558 g/mol. The lowest BCUT2D eigenvalue weighted by atomic mass is 10.0. The molecule has 0 aromatic heterocycles. The van der Waals surface area contributed by atoms with Crippen molar-refractivity contribution in [3.8, 4) is 11.5 Å². The van der Waals surface area contributed by atoms with Crippen LogP contribution in [0.4, 0.5) is 11.4 Å². The van der Waals surface area contributed by atoms with E-state index in [4.69, 9.17) is 21.1 Å². The highest BCUT2D eigenvalue weighted by Gasteiger charge is 2.39. The van der Waals surface area contributed by atoms with E-state index in [0.717, 1.165) is 4.90 Å². The van der Waals surface area contributed by atoms with Gasteiger partial charge in [-0.25, -0.2) is 0 Å². The van der Waals surface area contributed by atoms with Crippen LogP contribution in [0, 0.1) is 0 Å². The molecule has 10 heteroatoms. The zero-order valence-electron chi connectivity index (χ0n) is 22.2. The largest absolute Gasteiger partial charge is 0.454 e. The fraction of sp³-hybridized carbons (Fsp3) is 0.125. The minimum atomic E-state index is -1.09. The summed E-state index contributed by atoms with van der Waals surface area (Å²) in [5.41, 5.74) is 2.32. The fourth-order valence-electron chi connectivity index (χ4n) is 5.03. The zero-order chi connectivity index (χ0) is 29.2. The van der Waals surface area contributed by atoms with Gasteiger partial charge >= 0.3 is 0 Å². The highest BCUT2D eigenvalue weighted by atomic mass is 35.5. The summed E-state index contributed by atoms with van der Waals surface area (Å²) in [6.07, 6.45) is 0. The van der Waals surface area contributed by atoms with Crippen LogP contribution in [0.25, 0.3) is 0 Å². The van der Waals surface area contributed by atoms with E-state index >= 15 is 0 Å². The maximum Gasteiger partial charge on any atom is 0.299 e. The van der Waals surface area contributed by atoms with E-state index in [0.29, 0.717) is 39.0 Å². The molecule has 1 N–H and O–H groups in total. The number of Topliss-reactive ketones (excluding diaryl/α,β-unsaturated/α-hetero) is 1. The van der Waals surface area contributed by atoms with Crippen LogP contribution < -0.4 is 19.7 Å². The summed E-state index contributed by atoms with van der Waals surface area (Å²) in [5.74, 6) is -1.42. The highest BCUT2D eigenvalue weighted by Crippen LogP contribution is 2.35. The van der Waals surface area contributed by atoms with Gasteiger partial charge in [-0.3, -0.25) is 24.1 Å². The number of fused-ring (bicyclic) bond motifs is 2. The first-order chi connectivity index (χ1) is 20.4. The SMILES string of the molecule is O=C1C(=O)N(CC(=O)N(Cc2ccc(Cl)cc2)C(C(=O)Nc2ccc3c(c2)OCO3)c2ccccc2)c2ccccc21. The van der Waals surface area contributed by atoms with Crippen LogP contribution in [0.3, 0.4) is 0 Å². The lowest BCUT2D eigenvalue weighted by Crippen LogP contribution is -2.46. The third-order valence-electron chi connectivity index (χ3n) is 7.07. The van der Waals surface area contributed by atoms with Gasteiger partial charge in [0, 0.05) is 23.3 Å². The number of ketones is 1. The van der Waals surface area contributed by atoms with Crippen LogP contribution in [0.5, 0.6) is 11.5 Å². The summed E-state index contributed by atoms with van der Waals surface area (Å²) in [4.78, 5) is 56.3. The number of hydrogen-bond acceptors (Lipinski definition) is 6. The van der Waals surface area contributed by atoms with E-state index in [9.17, 15) is 19.2 Å². The number of halogens is 1. The van der Waals surface area contributed by atoms with Crippen molar-refractivity contribution >= 4 is 46.5 Å². The van der Waals surface area contributed by atoms with E-state index in [1.807, 2.05) is 6.07 Å². The number of carbonyl (C=O) groups is 4. The Morgan fingerprint density at radius 2 is 1.60 bits per heavy atom. The third-order valence-corrected chi connectivity index (χ3v) is 7.33. The molecule has 42 heavy (non-hydrogen) atoms. The van der Waals surface area contributed by atoms with Gasteiger partial charge in [-0.1, -0.05) is 66.2 Å². The smallest absolute Gasteiger partial charge is 0.299 e. The Hall–Kier alpha value is -5.15. The molecule has 210 valence electrons. The molecule has 9 nitrogen and oxygen atoms in total. The second kappa shape index (κ2) is 11.4. The van der Waals surface area contributed by atoms with Crippen molar-refractivity contribution in [1.82, 2.24) is 4.90 Å². The first-order valence-electron chi connectivity index (χ1n) is 13.1.